The highest BCUT2D eigenvalue weighted by Gasteiger charge is 2.30. The Morgan fingerprint density at radius 1 is 1.04 bits per heavy atom. The van der Waals surface area contributed by atoms with E-state index < -0.39 is 18.5 Å². The summed E-state index contributed by atoms with van der Waals surface area (Å²) >= 11 is 1.50. The largest absolute Gasteiger partial charge is 0.452 e. The van der Waals surface area contributed by atoms with Gasteiger partial charge in [-0.2, -0.15) is 0 Å². The lowest BCUT2D eigenvalue weighted by Gasteiger charge is -2.14. The molecule has 0 radical (unpaired) electrons. The fourth-order valence-electron chi connectivity index (χ4n) is 2.76. The Bertz CT molecular complexity index is 910. The van der Waals surface area contributed by atoms with Crippen LogP contribution in [-0.2, 0) is 19.1 Å². The zero-order chi connectivity index (χ0) is 20.1. The lowest BCUT2D eigenvalue weighted by atomic mass is 10.2. The van der Waals surface area contributed by atoms with Crippen LogP contribution in [-0.4, -0.2) is 36.6 Å². The van der Waals surface area contributed by atoms with Crippen molar-refractivity contribution in [2.24, 2.45) is 0 Å². The maximum absolute atomic E-state index is 12.1. The fourth-order valence-corrected chi connectivity index (χ4v) is 3.31. The number of nitrogens with one attached hydrogen (secondary N) is 1. The first kappa shape index (κ1) is 19.6. The van der Waals surface area contributed by atoms with Crippen molar-refractivity contribution in [3.05, 3.63) is 54.1 Å². The first-order chi connectivity index (χ1) is 13.5. The van der Waals surface area contributed by atoms with Gasteiger partial charge >= 0.3 is 5.97 Å². The van der Waals surface area contributed by atoms with Crippen molar-refractivity contribution in [3.8, 4) is 0 Å². The second-order valence-electron chi connectivity index (χ2n) is 5.99. The van der Waals surface area contributed by atoms with Crippen molar-refractivity contribution in [2.75, 3.05) is 23.1 Å². The molecule has 1 heterocycles. The Labute approximate surface area is 166 Å². The van der Waals surface area contributed by atoms with Crippen molar-refractivity contribution < 1.29 is 23.9 Å². The molecule has 7 nitrogen and oxygen atoms in total. The number of amides is 3. The molecule has 144 valence electrons. The van der Waals surface area contributed by atoms with Crippen molar-refractivity contribution in [2.45, 2.75) is 17.7 Å². The molecule has 0 spiro atoms. The van der Waals surface area contributed by atoms with Crippen molar-refractivity contribution >= 4 is 46.8 Å². The van der Waals surface area contributed by atoms with E-state index in [1.165, 1.54) is 36.0 Å². The molecule has 0 aromatic heterocycles. The summed E-state index contributed by atoms with van der Waals surface area (Å²) in [6.07, 6.45) is 2.28. The van der Waals surface area contributed by atoms with Crippen LogP contribution >= 0.6 is 11.8 Å². The predicted molar refractivity (Wildman–Crippen MR) is 105 cm³/mol. The van der Waals surface area contributed by atoms with Gasteiger partial charge in [-0.1, -0.05) is 12.1 Å². The lowest BCUT2D eigenvalue weighted by molar-refractivity contribution is -0.121. The molecule has 2 aromatic carbocycles. The third-order valence-corrected chi connectivity index (χ3v) is 4.92. The number of benzene rings is 2. The summed E-state index contributed by atoms with van der Waals surface area (Å²) in [7, 11) is 0. The van der Waals surface area contributed by atoms with Gasteiger partial charge in [-0.15, -0.1) is 11.8 Å². The van der Waals surface area contributed by atoms with E-state index in [-0.39, 0.29) is 30.2 Å². The second-order valence-corrected chi connectivity index (χ2v) is 6.84. The molecule has 1 fully saturated rings. The SMILES string of the molecule is CSc1ccccc1NC(=O)COC(=O)c1ccc(N2C(=O)CCC2=O)cc1. The average molecular weight is 398 g/mol. The van der Waals surface area contributed by atoms with Crippen LogP contribution in [0.1, 0.15) is 23.2 Å². The average Bonchev–Trinajstić information content (AvgIpc) is 3.05. The summed E-state index contributed by atoms with van der Waals surface area (Å²) in [4.78, 5) is 49.7. The maximum atomic E-state index is 12.1. The molecule has 0 aliphatic carbocycles. The Hall–Kier alpha value is -3.13. The van der Waals surface area contributed by atoms with Crippen LogP contribution in [0.25, 0.3) is 0 Å². The van der Waals surface area contributed by atoms with Crippen LogP contribution in [0, 0.1) is 0 Å². The number of anilines is 2. The minimum atomic E-state index is -0.668. The monoisotopic (exact) mass is 398 g/mol. The molecule has 0 atom stereocenters. The molecule has 3 amide bonds. The maximum Gasteiger partial charge on any atom is 0.338 e. The molecule has 28 heavy (non-hydrogen) atoms. The van der Waals surface area contributed by atoms with Crippen LogP contribution < -0.4 is 10.2 Å². The highest BCUT2D eigenvalue weighted by molar-refractivity contribution is 7.98. The number of carbonyl (C=O) groups excluding carboxylic acids is 4. The van der Waals surface area contributed by atoms with Crippen LogP contribution in [0.5, 0.6) is 0 Å². The van der Waals surface area contributed by atoms with E-state index in [0.29, 0.717) is 11.4 Å². The molecule has 0 bridgehead atoms. The summed E-state index contributed by atoms with van der Waals surface area (Å²) in [6, 6.07) is 13.2. The number of esters is 1. The zero-order valence-corrected chi connectivity index (χ0v) is 16.0. The number of hydrogen-bond acceptors (Lipinski definition) is 6. The second kappa shape index (κ2) is 8.71. The van der Waals surface area contributed by atoms with Crippen molar-refractivity contribution in [1.29, 1.82) is 0 Å². The van der Waals surface area contributed by atoms with Gasteiger partial charge in [-0.3, -0.25) is 19.3 Å². The molecule has 2 aromatic rings. The van der Waals surface area contributed by atoms with E-state index in [0.717, 1.165) is 9.80 Å². The van der Waals surface area contributed by atoms with Gasteiger partial charge in [0.15, 0.2) is 6.61 Å². The fraction of sp³-hybridized carbons (Fsp3) is 0.200. The number of hydrogen-bond donors (Lipinski definition) is 1. The molecule has 1 aliphatic rings. The molecular formula is C20H18N2O5S. The molecule has 1 saturated heterocycles. The quantitative estimate of drug-likeness (QED) is 0.457. The van der Waals surface area contributed by atoms with Crippen LogP contribution in [0.2, 0.25) is 0 Å². The summed E-state index contributed by atoms with van der Waals surface area (Å²) in [5, 5.41) is 2.71. The summed E-state index contributed by atoms with van der Waals surface area (Å²) in [5.74, 6) is -1.64. The number of thioether (sulfide) groups is 1. The first-order valence-corrected chi connectivity index (χ1v) is 9.78. The Balaban J connectivity index is 1.57. The zero-order valence-electron chi connectivity index (χ0n) is 15.1. The van der Waals surface area contributed by atoms with E-state index in [1.54, 1.807) is 12.1 Å². The van der Waals surface area contributed by atoms with Crippen molar-refractivity contribution in [1.82, 2.24) is 0 Å². The number of imide groups is 1. The topological polar surface area (TPSA) is 92.8 Å². The standard InChI is InChI=1S/C20H18N2O5S/c1-28-16-5-3-2-4-15(16)21-17(23)12-27-20(26)13-6-8-14(9-7-13)22-18(24)10-11-19(22)25/h2-9H,10-12H2,1H3,(H,21,23). The van der Waals surface area contributed by atoms with Gasteiger partial charge in [0.05, 0.1) is 16.9 Å². The van der Waals surface area contributed by atoms with E-state index >= 15 is 0 Å². The summed E-state index contributed by atoms with van der Waals surface area (Å²) in [6.45, 7) is -0.424. The Morgan fingerprint density at radius 3 is 2.32 bits per heavy atom. The number of rotatable bonds is 6. The van der Waals surface area contributed by atoms with E-state index in [4.69, 9.17) is 4.74 Å². The first-order valence-electron chi connectivity index (χ1n) is 8.55. The smallest absolute Gasteiger partial charge is 0.338 e. The molecular weight excluding hydrogens is 380 g/mol. The predicted octanol–water partition coefficient (Wildman–Crippen LogP) is 2.86. The van der Waals surface area contributed by atoms with Crippen LogP contribution in [0.15, 0.2) is 53.4 Å². The molecule has 8 heteroatoms. The van der Waals surface area contributed by atoms with E-state index in [1.807, 2.05) is 18.4 Å². The van der Waals surface area contributed by atoms with Gasteiger partial charge in [0.1, 0.15) is 0 Å². The summed E-state index contributed by atoms with van der Waals surface area (Å²) < 4.78 is 5.04. The Kier molecular flexibility index (Phi) is 6.10. The van der Waals surface area contributed by atoms with E-state index in [9.17, 15) is 19.2 Å². The molecule has 1 N–H and O–H groups in total. The highest BCUT2D eigenvalue weighted by Crippen LogP contribution is 2.25. The number of ether oxygens (including phenoxy) is 1. The number of nitrogens with zero attached hydrogens (tertiary/aromatic N) is 1. The number of para-hydroxylation sites is 1. The van der Waals surface area contributed by atoms with Gasteiger partial charge in [0, 0.05) is 17.7 Å². The Morgan fingerprint density at radius 2 is 1.68 bits per heavy atom. The molecule has 1 aliphatic heterocycles. The van der Waals surface area contributed by atoms with Crippen LogP contribution in [0.4, 0.5) is 11.4 Å². The third-order valence-electron chi connectivity index (χ3n) is 4.13. The molecule has 0 saturated carbocycles. The van der Waals surface area contributed by atoms with Gasteiger partial charge in [0.2, 0.25) is 11.8 Å². The van der Waals surface area contributed by atoms with Crippen LogP contribution in [0.3, 0.4) is 0 Å². The van der Waals surface area contributed by atoms with E-state index in [2.05, 4.69) is 5.32 Å². The summed E-state index contributed by atoms with van der Waals surface area (Å²) in [5.41, 5.74) is 1.29. The minimum absolute atomic E-state index is 0.192. The normalized spacial score (nSPS) is 13.5. The molecule has 0 unspecified atom stereocenters. The van der Waals surface area contributed by atoms with Gasteiger partial charge in [-0.05, 0) is 42.7 Å². The minimum Gasteiger partial charge on any atom is -0.452 e. The highest BCUT2D eigenvalue weighted by atomic mass is 32.2. The van der Waals surface area contributed by atoms with Gasteiger partial charge in [-0.25, -0.2) is 4.79 Å². The van der Waals surface area contributed by atoms with Gasteiger partial charge in [0.25, 0.3) is 5.91 Å². The lowest BCUT2D eigenvalue weighted by Crippen LogP contribution is -2.28. The third kappa shape index (κ3) is 4.40. The van der Waals surface area contributed by atoms with Gasteiger partial charge < -0.3 is 10.1 Å². The molecule has 3 rings (SSSR count). The number of carbonyl (C=O) groups is 4. The van der Waals surface area contributed by atoms with Crippen molar-refractivity contribution in [3.63, 3.8) is 0 Å².